The van der Waals surface area contributed by atoms with E-state index in [0.29, 0.717) is 24.7 Å². The van der Waals surface area contributed by atoms with E-state index < -0.39 is 0 Å². The van der Waals surface area contributed by atoms with Crippen LogP contribution in [0.1, 0.15) is 42.4 Å². The van der Waals surface area contributed by atoms with Crippen molar-refractivity contribution in [1.82, 2.24) is 19.7 Å². The fourth-order valence-corrected chi connectivity index (χ4v) is 4.83. The first kappa shape index (κ1) is 18.4. The van der Waals surface area contributed by atoms with E-state index in [1.807, 2.05) is 36.4 Å². The molecule has 2 aromatic rings. The highest BCUT2D eigenvalue weighted by atomic mass is 32.1. The van der Waals surface area contributed by atoms with Crippen molar-refractivity contribution in [1.29, 1.82) is 0 Å². The lowest BCUT2D eigenvalue weighted by atomic mass is 9.86. The number of amides is 1. The van der Waals surface area contributed by atoms with E-state index in [4.69, 9.17) is 4.74 Å². The highest BCUT2D eigenvalue weighted by molar-refractivity contribution is 7.13. The molecule has 0 saturated carbocycles. The number of nitrogens with one attached hydrogen (secondary N) is 1. The second-order valence-corrected chi connectivity index (χ2v) is 8.49. The van der Waals surface area contributed by atoms with Crippen molar-refractivity contribution in [2.24, 2.45) is 5.92 Å². The number of hydrogen-bond acceptors (Lipinski definition) is 6. The molecule has 1 N–H and O–H groups in total. The standard InChI is InChI=1S/C19H27N5O2S/c1-3-24-16(9-14(2)22-24)17(25)23-7-4-5-19(13-23)10-15(12-26-19)11-21-18-20-6-8-27-18/h6,8-9,15H,3-5,7,10-13H2,1-2H3,(H,20,21)/t15-,19-/m0/s1. The van der Waals surface area contributed by atoms with Crippen LogP contribution < -0.4 is 5.32 Å². The average Bonchev–Trinajstić information content (AvgIpc) is 3.40. The number of anilines is 1. The van der Waals surface area contributed by atoms with E-state index in [-0.39, 0.29) is 11.5 Å². The number of nitrogens with zero attached hydrogens (tertiary/aromatic N) is 4. The zero-order valence-electron chi connectivity index (χ0n) is 16.0. The molecule has 2 aromatic heterocycles. The largest absolute Gasteiger partial charge is 0.373 e. The molecule has 2 fully saturated rings. The van der Waals surface area contributed by atoms with E-state index in [2.05, 4.69) is 15.4 Å². The molecule has 27 heavy (non-hydrogen) atoms. The third-order valence-corrected chi connectivity index (χ3v) is 6.24. The number of rotatable bonds is 5. The number of likely N-dealkylation sites (tertiary alicyclic amines) is 1. The molecule has 7 nitrogen and oxygen atoms in total. The predicted octanol–water partition coefficient (Wildman–Crippen LogP) is 2.79. The van der Waals surface area contributed by atoms with Crippen molar-refractivity contribution in [3.05, 3.63) is 29.0 Å². The SMILES string of the molecule is CCn1nc(C)cc1C(=O)N1CCC[C@]2(C[C@@H](CNc3nccs3)CO2)C1. The van der Waals surface area contributed by atoms with Gasteiger partial charge in [0.2, 0.25) is 0 Å². The van der Waals surface area contributed by atoms with E-state index in [1.54, 1.807) is 16.0 Å². The number of aryl methyl sites for hydroxylation is 2. The van der Waals surface area contributed by atoms with Crippen LogP contribution in [-0.2, 0) is 11.3 Å². The van der Waals surface area contributed by atoms with Gasteiger partial charge >= 0.3 is 0 Å². The van der Waals surface area contributed by atoms with Gasteiger partial charge in [-0.25, -0.2) is 4.98 Å². The Morgan fingerprint density at radius 3 is 3.19 bits per heavy atom. The Labute approximate surface area is 163 Å². The first-order chi connectivity index (χ1) is 13.1. The van der Waals surface area contributed by atoms with Crippen LogP contribution in [-0.4, -0.2) is 57.4 Å². The Hall–Kier alpha value is -1.93. The average molecular weight is 390 g/mol. The van der Waals surface area contributed by atoms with Gasteiger partial charge in [-0.15, -0.1) is 11.3 Å². The molecular formula is C19H27N5O2S. The maximum Gasteiger partial charge on any atom is 0.272 e. The number of aromatic nitrogens is 3. The second kappa shape index (κ2) is 7.59. The molecule has 1 spiro atoms. The van der Waals surface area contributed by atoms with Crippen LogP contribution in [0.25, 0.3) is 0 Å². The third-order valence-electron chi connectivity index (χ3n) is 5.51. The lowest BCUT2D eigenvalue weighted by Gasteiger charge is -2.39. The fraction of sp³-hybridized carbons (Fsp3) is 0.632. The lowest BCUT2D eigenvalue weighted by Crippen LogP contribution is -2.50. The minimum atomic E-state index is -0.199. The van der Waals surface area contributed by atoms with Gasteiger partial charge in [-0.1, -0.05) is 0 Å². The molecule has 8 heteroatoms. The van der Waals surface area contributed by atoms with Crippen molar-refractivity contribution in [2.45, 2.75) is 45.3 Å². The number of carbonyl (C=O) groups excluding carboxylic acids is 1. The second-order valence-electron chi connectivity index (χ2n) is 7.60. The van der Waals surface area contributed by atoms with Gasteiger partial charge in [-0.3, -0.25) is 9.48 Å². The van der Waals surface area contributed by atoms with E-state index in [9.17, 15) is 4.79 Å². The molecule has 2 saturated heterocycles. The van der Waals surface area contributed by atoms with Crippen LogP contribution in [0, 0.1) is 12.8 Å². The van der Waals surface area contributed by atoms with E-state index in [1.165, 1.54) is 0 Å². The molecule has 4 rings (SSSR count). The summed E-state index contributed by atoms with van der Waals surface area (Å²) in [4.78, 5) is 19.3. The van der Waals surface area contributed by atoms with Crippen LogP contribution in [0.3, 0.4) is 0 Å². The van der Waals surface area contributed by atoms with Crippen molar-refractivity contribution in [3.8, 4) is 0 Å². The van der Waals surface area contributed by atoms with Gasteiger partial charge in [0, 0.05) is 37.1 Å². The summed E-state index contributed by atoms with van der Waals surface area (Å²) in [5, 5.41) is 10.8. The summed E-state index contributed by atoms with van der Waals surface area (Å²) < 4.78 is 8.07. The minimum absolute atomic E-state index is 0.0736. The summed E-state index contributed by atoms with van der Waals surface area (Å²) in [5.74, 6) is 0.525. The van der Waals surface area contributed by atoms with E-state index >= 15 is 0 Å². The van der Waals surface area contributed by atoms with Gasteiger partial charge < -0.3 is 15.0 Å². The van der Waals surface area contributed by atoms with Crippen molar-refractivity contribution in [2.75, 3.05) is 31.6 Å². The fourth-order valence-electron chi connectivity index (χ4n) is 4.29. The van der Waals surface area contributed by atoms with Gasteiger partial charge in [0.15, 0.2) is 5.13 Å². The van der Waals surface area contributed by atoms with Gasteiger partial charge in [-0.05, 0) is 39.2 Å². The number of piperidine rings is 1. The van der Waals surface area contributed by atoms with Crippen LogP contribution in [0.5, 0.6) is 0 Å². The van der Waals surface area contributed by atoms with Crippen molar-refractivity contribution in [3.63, 3.8) is 0 Å². The smallest absolute Gasteiger partial charge is 0.272 e. The highest BCUT2D eigenvalue weighted by Gasteiger charge is 2.44. The Kier molecular flexibility index (Phi) is 5.19. The van der Waals surface area contributed by atoms with Gasteiger partial charge in [0.05, 0.1) is 24.4 Å². The molecule has 2 aliphatic rings. The summed E-state index contributed by atoms with van der Waals surface area (Å²) in [5.41, 5.74) is 1.37. The number of thiazole rings is 1. The van der Waals surface area contributed by atoms with Gasteiger partial charge in [0.1, 0.15) is 5.69 Å². The van der Waals surface area contributed by atoms with Crippen LogP contribution >= 0.6 is 11.3 Å². The first-order valence-corrected chi connectivity index (χ1v) is 10.6. The first-order valence-electron chi connectivity index (χ1n) is 9.69. The Morgan fingerprint density at radius 2 is 2.41 bits per heavy atom. The Morgan fingerprint density at radius 1 is 1.52 bits per heavy atom. The van der Waals surface area contributed by atoms with Crippen LogP contribution in [0.4, 0.5) is 5.13 Å². The molecule has 2 atom stereocenters. The van der Waals surface area contributed by atoms with Gasteiger partial charge in [-0.2, -0.15) is 5.10 Å². The summed E-state index contributed by atoms with van der Waals surface area (Å²) in [6.45, 7) is 7.72. The number of ether oxygens (including phenoxy) is 1. The monoisotopic (exact) mass is 389 g/mol. The topological polar surface area (TPSA) is 72.3 Å². The number of hydrogen-bond donors (Lipinski definition) is 1. The highest BCUT2D eigenvalue weighted by Crippen LogP contribution is 2.38. The number of carbonyl (C=O) groups is 1. The van der Waals surface area contributed by atoms with Crippen molar-refractivity contribution < 1.29 is 9.53 Å². The molecule has 0 aliphatic carbocycles. The molecular weight excluding hydrogens is 362 g/mol. The molecule has 146 valence electrons. The van der Waals surface area contributed by atoms with E-state index in [0.717, 1.165) is 49.8 Å². The molecule has 4 heterocycles. The van der Waals surface area contributed by atoms with Crippen LogP contribution in [0.15, 0.2) is 17.6 Å². The van der Waals surface area contributed by atoms with Crippen LogP contribution in [0.2, 0.25) is 0 Å². The van der Waals surface area contributed by atoms with Crippen molar-refractivity contribution >= 4 is 22.4 Å². The summed E-state index contributed by atoms with van der Waals surface area (Å²) in [6, 6.07) is 1.89. The summed E-state index contributed by atoms with van der Waals surface area (Å²) in [7, 11) is 0. The zero-order valence-corrected chi connectivity index (χ0v) is 16.8. The Bertz CT molecular complexity index is 790. The molecule has 0 bridgehead atoms. The summed E-state index contributed by atoms with van der Waals surface area (Å²) in [6.07, 6.45) is 4.81. The molecule has 0 aromatic carbocycles. The minimum Gasteiger partial charge on any atom is -0.373 e. The molecule has 2 aliphatic heterocycles. The maximum absolute atomic E-state index is 13.1. The zero-order chi connectivity index (χ0) is 18.9. The third kappa shape index (κ3) is 3.87. The summed E-state index contributed by atoms with van der Waals surface area (Å²) >= 11 is 1.62. The molecule has 1 amide bonds. The molecule has 0 radical (unpaired) electrons. The van der Waals surface area contributed by atoms with Gasteiger partial charge in [0.25, 0.3) is 5.91 Å². The predicted molar refractivity (Wildman–Crippen MR) is 105 cm³/mol. The normalized spacial score (nSPS) is 25.3. The molecule has 0 unspecified atom stereocenters. The quantitative estimate of drug-likeness (QED) is 0.851. The maximum atomic E-state index is 13.1. The lowest BCUT2D eigenvalue weighted by molar-refractivity contribution is -0.0451. The Balaban J connectivity index is 1.39.